The number of likely N-dealkylation sites (tertiary alicyclic amines) is 1. The van der Waals surface area contributed by atoms with Crippen molar-refractivity contribution in [3.05, 3.63) is 58.6 Å². The van der Waals surface area contributed by atoms with Gasteiger partial charge in [0.1, 0.15) is 0 Å². The lowest BCUT2D eigenvalue weighted by Crippen LogP contribution is -2.46. The highest BCUT2D eigenvalue weighted by atomic mass is 35.5. The van der Waals surface area contributed by atoms with E-state index in [0.717, 1.165) is 43.8 Å². The Kier molecular flexibility index (Phi) is 5.97. The second kappa shape index (κ2) is 8.64. The number of carbonyl (C=O) groups excluding carboxylic acids is 1. The average Bonchev–Trinajstić information content (AvgIpc) is 3.18. The quantitative estimate of drug-likeness (QED) is 0.652. The van der Waals surface area contributed by atoms with Gasteiger partial charge in [0.05, 0.1) is 12.0 Å². The first-order chi connectivity index (χ1) is 14.1. The maximum atomic E-state index is 12.9. The smallest absolute Gasteiger partial charge is 0.312 e. The zero-order valence-corrected chi connectivity index (χ0v) is 17.4. The maximum Gasteiger partial charge on any atom is 0.312 e. The topological polar surface area (TPSA) is 48.0 Å². The second-order valence-corrected chi connectivity index (χ2v) is 8.14. The van der Waals surface area contributed by atoms with Gasteiger partial charge in [0.15, 0.2) is 11.5 Å². The average molecular weight is 416 g/mol. The molecular formula is C23H26ClNO4. The summed E-state index contributed by atoms with van der Waals surface area (Å²) in [6.45, 7) is 4.86. The summed E-state index contributed by atoms with van der Waals surface area (Å²) < 4.78 is 16.3. The van der Waals surface area contributed by atoms with E-state index in [2.05, 4.69) is 17.0 Å². The van der Waals surface area contributed by atoms with Crippen molar-refractivity contribution >= 4 is 17.6 Å². The first-order valence-electron chi connectivity index (χ1n) is 10.1. The van der Waals surface area contributed by atoms with E-state index in [1.807, 2.05) is 37.3 Å². The molecule has 0 saturated carbocycles. The molecule has 0 radical (unpaired) electrons. The number of nitrogens with zero attached hydrogens (tertiary/aromatic N) is 1. The minimum atomic E-state index is -0.466. The standard InChI is InChI=1S/C23H26ClNO4/c1-2-27-22(26)23(14-17-6-4-3-5-7-17)8-10-25(11-9-23)15-18-12-20-21(13-19(18)24)29-16-28-20/h3-7,12-13H,2,8-11,14-16H2,1H3. The Bertz CT molecular complexity index is 863. The van der Waals surface area contributed by atoms with Crippen molar-refractivity contribution in [2.75, 3.05) is 26.5 Å². The fourth-order valence-corrected chi connectivity index (χ4v) is 4.40. The van der Waals surface area contributed by atoms with Crippen LogP contribution in [-0.4, -0.2) is 37.4 Å². The normalized spacial score (nSPS) is 17.9. The molecule has 2 aromatic carbocycles. The van der Waals surface area contributed by atoms with Gasteiger partial charge in [-0.05, 0) is 56.5 Å². The molecule has 29 heavy (non-hydrogen) atoms. The molecule has 0 amide bonds. The Balaban J connectivity index is 1.46. The molecule has 4 rings (SSSR count). The van der Waals surface area contributed by atoms with E-state index in [1.54, 1.807) is 0 Å². The Morgan fingerprint density at radius 1 is 1.14 bits per heavy atom. The highest BCUT2D eigenvalue weighted by Gasteiger charge is 2.42. The van der Waals surface area contributed by atoms with Gasteiger partial charge in [-0.15, -0.1) is 0 Å². The van der Waals surface area contributed by atoms with Crippen molar-refractivity contribution in [3.63, 3.8) is 0 Å². The van der Waals surface area contributed by atoms with Gasteiger partial charge in [-0.1, -0.05) is 41.9 Å². The second-order valence-electron chi connectivity index (χ2n) is 7.74. The zero-order chi connectivity index (χ0) is 20.3. The molecule has 0 atom stereocenters. The molecule has 0 spiro atoms. The molecule has 2 aliphatic heterocycles. The highest BCUT2D eigenvalue weighted by molar-refractivity contribution is 6.31. The molecule has 1 fully saturated rings. The third-order valence-corrected chi connectivity index (χ3v) is 6.19. The van der Waals surface area contributed by atoms with Crippen molar-refractivity contribution in [1.82, 2.24) is 4.90 Å². The van der Waals surface area contributed by atoms with E-state index in [-0.39, 0.29) is 12.8 Å². The highest BCUT2D eigenvalue weighted by Crippen LogP contribution is 2.40. The van der Waals surface area contributed by atoms with Crippen LogP contribution in [0.5, 0.6) is 11.5 Å². The predicted molar refractivity (Wildman–Crippen MR) is 111 cm³/mol. The fourth-order valence-electron chi connectivity index (χ4n) is 4.18. The van der Waals surface area contributed by atoms with E-state index in [0.29, 0.717) is 23.8 Å². The third-order valence-electron chi connectivity index (χ3n) is 5.84. The van der Waals surface area contributed by atoms with Gasteiger partial charge in [0.2, 0.25) is 6.79 Å². The van der Waals surface area contributed by atoms with Crippen molar-refractivity contribution < 1.29 is 19.0 Å². The summed E-state index contributed by atoms with van der Waals surface area (Å²) in [5.74, 6) is 1.36. The van der Waals surface area contributed by atoms with E-state index < -0.39 is 5.41 Å². The Labute approximate surface area is 176 Å². The van der Waals surface area contributed by atoms with E-state index in [9.17, 15) is 4.79 Å². The van der Waals surface area contributed by atoms with Gasteiger partial charge in [-0.3, -0.25) is 9.69 Å². The summed E-state index contributed by atoms with van der Waals surface area (Å²) in [6, 6.07) is 14.0. The van der Waals surface area contributed by atoms with Crippen molar-refractivity contribution in [1.29, 1.82) is 0 Å². The van der Waals surface area contributed by atoms with Crippen LogP contribution in [0.4, 0.5) is 0 Å². The summed E-state index contributed by atoms with van der Waals surface area (Å²) in [5, 5.41) is 0.681. The molecular weight excluding hydrogens is 390 g/mol. The van der Waals surface area contributed by atoms with E-state index >= 15 is 0 Å². The van der Waals surface area contributed by atoms with Crippen LogP contribution in [-0.2, 0) is 22.5 Å². The Morgan fingerprint density at radius 2 is 1.83 bits per heavy atom. The lowest BCUT2D eigenvalue weighted by Gasteiger charge is -2.40. The van der Waals surface area contributed by atoms with Crippen LogP contribution in [0.25, 0.3) is 0 Å². The number of hydrogen-bond acceptors (Lipinski definition) is 5. The molecule has 2 aromatic rings. The molecule has 6 heteroatoms. The molecule has 0 N–H and O–H groups in total. The van der Waals surface area contributed by atoms with Gasteiger partial charge < -0.3 is 14.2 Å². The molecule has 2 aliphatic rings. The molecule has 1 saturated heterocycles. The molecule has 2 heterocycles. The Morgan fingerprint density at radius 3 is 2.52 bits per heavy atom. The number of ether oxygens (including phenoxy) is 3. The molecule has 5 nitrogen and oxygen atoms in total. The SMILES string of the molecule is CCOC(=O)C1(Cc2ccccc2)CCN(Cc2cc3c(cc2Cl)OCO3)CC1. The molecule has 0 bridgehead atoms. The third kappa shape index (κ3) is 4.36. The molecule has 0 aliphatic carbocycles. The minimum absolute atomic E-state index is 0.0791. The summed E-state index contributed by atoms with van der Waals surface area (Å²) in [4.78, 5) is 15.2. The van der Waals surface area contributed by atoms with E-state index in [1.165, 1.54) is 5.56 Å². The maximum absolute atomic E-state index is 12.9. The van der Waals surface area contributed by atoms with Crippen LogP contribution in [0.3, 0.4) is 0 Å². The first kappa shape index (κ1) is 20.0. The van der Waals surface area contributed by atoms with Gasteiger partial charge in [-0.2, -0.15) is 0 Å². The fraction of sp³-hybridized carbons (Fsp3) is 0.435. The number of carbonyl (C=O) groups is 1. The van der Waals surface area contributed by atoms with Gasteiger partial charge in [0.25, 0.3) is 0 Å². The number of hydrogen-bond donors (Lipinski definition) is 0. The van der Waals surface area contributed by atoms with Gasteiger partial charge in [-0.25, -0.2) is 0 Å². The van der Waals surface area contributed by atoms with Crippen molar-refractivity contribution in [2.45, 2.75) is 32.7 Å². The summed E-state index contributed by atoms with van der Waals surface area (Å²) >= 11 is 6.45. The summed E-state index contributed by atoms with van der Waals surface area (Å²) in [5.41, 5.74) is 1.72. The number of rotatable bonds is 6. The summed E-state index contributed by atoms with van der Waals surface area (Å²) in [7, 11) is 0. The van der Waals surface area contributed by atoms with Crippen LogP contribution in [0.15, 0.2) is 42.5 Å². The number of fused-ring (bicyclic) bond motifs is 1. The van der Waals surface area contributed by atoms with Crippen LogP contribution in [0.1, 0.15) is 30.9 Å². The summed E-state index contributed by atoms with van der Waals surface area (Å²) in [6.07, 6.45) is 2.25. The van der Waals surface area contributed by atoms with Crippen molar-refractivity contribution in [2.24, 2.45) is 5.41 Å². The lowest BCUT2D eigenvalue weighted by molar-refractivity contribution is -0.158. The lowest BCUT2D eigenvalue weighted by atomic mass is 9.73. The number of esters is 1. The van der Waals surface area contributed by atoms with Crippen LogP contribution in [0.2, 0.25) is 5.02 Å². The number of piperidine rings is 1. The Hall–Kier alpha value is -2.24. The largest absolute Gasteiger partial charge is 0.466 e. The van der Waals surface area contributed by atoms with Crippen LogP contribution >= 0.6 is 11.6 Å². The molecule has 0 aromatic heterocycles. The van der Waals surface area contributed by atoms with Gasteiger partial charge >= 0.3 is 5.97 Å². The first-order valence-corrected chi connectivity index (χ1v) is 10.5. The number of benzene rings is 2. The molecule has 154 valence electrons. The molecule has 0 unspecified atom stereocenters. The zero-order valence-electron chi connectivity index (χ0n) is 16.7. The van der Waals surface area contributed by atoms with E-state index in [4.69, 9.17) is 25.8 Å². The van der Waals surface area contributed by atoms with Gasteiger partial charge in [0, 0.05) is 17.6 Å². The minimum Gasteiger partial charge on any atom is -0.466 e. The number of halogens is 1. The monoisotopic (exact) mass is 415 g/mol. The van der Waals surface area contributed by atoms with Crippen molar-refractivity contribution in [3.8, 4) is 11.5 Å². The van der Waals surface area contributed by atoms with Crippen LogP contribution < -0.4 is 9.47 Å². The predicted octanol–water partition coefficient (Wildman–Crippen LogP) is 4.46. The van der Waals surface area contributed by atoms with Crippen LogP contribution in [0, 0.1) is 5.41 Å².